The number of benzene rings is 11. The van der Waals surface area contributed by atoms with Crippen LogP contribution >= 0.6 is 11.8 Å². The maximum atomic E-state index is 6.97. The zero-order valence-electron chi connectivity index (χ0n) is 44.2. The number of para-hydroxylation sites is 4. The van der Waals surface area contributed by atoms with Gasteiger partial charge in [0.2, 0.25) is 6.71 Å². The molecule has 16 rings (SSSR count). The number of nitrogens with zero attached hydrogens (tertiary/aromatic N) is 2. The van der Waals surface area contributed by atoms with Gasteiger partial charge in [0.05, 0.1) is 16.7 Å². The third-order valence-electron chi connectivity index (χ3n) is 16.9. The van der Waals surface area contributed by atoms with Crippen LogP contribution in [-0.4, -0.2) is 11.3 Å². The maximum absolute atomic E-state index is 6.97. The first-order chi connectivity index (χ1) is 38.1. The minimum Gasteiger partial charge on any atom is -0.456 e. The van der Waals surface area contributed by atoms with E-state index in [4.69, 9.17) is 8.83 Å². The summed E-state index contributed by atoms with van der Waals surface area (Å²) in [5, 5.41) is 6.93. The molecule has 0 fully saturated rings. The van der Waals surface area contributed by atoms with Crippen molar-refractivity contribution in [3.05, 3.63) is 234 Å². The summed E-state index contributed by atoms with van der Waals surface area (Å²) in [5.41, 5.74) is 29.0. The fraction of sp³-hybridized carbons (Fsp3) is 0.0833. The SMILES string of the molecule is Cc1cc(C)c(-c2cccc(-c3c(C)cc(C)cc3C)c2N2c3cc4oc5ccccc5c4cc3B3c4cc5c(cc4Sc4cc(-n6c7ccccc7c7cc(-c8ccccc8)ccc76)cc2c43)oc2ccccc25)c(C)c1. The minimum atomic E-state index is -0.129. The van der Waals surface area contributed by atoms with Gasteiger partial charge in [-0.2, -0.15) is 0 Å². The van der Waals surface area contributed by atoms with Crippen LogP contribution in [0.4, 0.5) is 17.1 Å². The fourth-order valence-corrected chi connectivity index (χ4v) is 15.2. The highest BCUT2D eigenvalue weighted by molar-refractivity contribution is 8.00. The van der Waals surface area contributed by atoms with Crippen LogP contribution in [-0.2, 0) is 0 Å². The molecule has 0 amide bonds. The number of anilines is 3. The molecule has 2 aliphatic heterocycles. The number of aromatic nitrogens is 1. The number of hydrogen-bond donors (Lipinski definition) is 0. The van der Waals surface area contributed by atoms with Gasteiger partial charge in [-0.25, -0.2) is 0 Å². The highest BCUT2D eigenvalue weighted by Gasteiger charge is 2.44. The van der Waals surface area contributed by atoms with Gasteiger partial charge in [-0.05, 0) is 146 Å². The van der Waals surface area contributed by atoms with Gasteiger partial charge in [0.25, 0.3) is 0 Å². The Labute approximate surface area is 457 Å². The average Bonchev–Trinajstić information content (AvgIpc) is 4.24. The average molecular weight is 1020 g/mol. The summed E-state index contributed by atoms with van der Waals surface area (Å²) >= 11 is 1.87. The molecular weight excluding hydrogens is 968 g/mol. The normalized spacial score (nSPS) is 12.9. The Morgan fingerprint density at radius 3 is 1.60 bits per heavy atom. The quantitative estimate of drug-likeness (QED) is 0.161. The third-order valence-corrected chi connectivity index (χ3v) is 18.1. The van der Waals surface area contributed by atoms with Gasteiger partial charge in [-0.15, -0.1) is 0 Å². The van der Waals surface area contributed by atoms with Crippen LogP contribution in [0.15, 0.2) is 219 Å². The Bertz CT molecular complexity index is 4800. The number of furan rings is 2. The van der Waals surface area contributed by atoms with E-state index in [1.165, 1.54) is 104 Å². The lowest BCUT2D eigenvalue weighted by molar-refractivity contribution is 0.668. The zero-order chi connectivity index (χ0) is 52.2. The van der Waals surface area contributed by atoms with Crippen LogP contribution in [0, 0.1) is 41.5 Å². The summed E-state index contributed by atoms with van der Waals surface area (Å²) < 4.78 is 16.2. The Morgan fingerprint density at radius 2 is 0.949 bits per heavy atom. The van der Waals surface area contributed by atoms with Crippen molar-refractivity contribution in [1.29, 1.82) is 0 Å². The number of rotatable bonds is 5. The van der Waals surface area contributed by atoms with Gasteiger partial charge in [-0.3, -0.25) is 0 Å². The molecule has 4 nitrogen and oxygen atoms in total. The molecule has 370 valence electrons. The standard InChI is InChI=1S/C72H51BN2O2S/c1-40-29-42(3)69(43(4)30-40)52-22-16-23-53(70-44(5)31-41(2)32-45(70)6)72(52)75-61-38-65-55(50-20-11-14-25-63(50)76-65)36-57(61)73-58-37-56-51-21-12-15-26-64(51)77-66(56)39-67(58)78-68-35-48(34-62(75)71(68)73)74-59-24-13-10-19-49(59)54-33-47(27-28-60(54)74)46-17-8-7-9-18-46/h7-39H,1-6H3. The minimum absolute atomic E-state index is 0.129. The summed E-state index contributed by atoms with van der Waals surface area (Å²) in [4.78, 5) is 5.08. The first kappa shape index (κ1) is 45.2. The third kappa shape index (κ3) is 6.56. The highest BCUT2D eigenvalue weighted by atomic mass is 32.2. The van der Waals surface area contributed by atoms with E-state index in [1.807, 2.05) is 11.8 Å². The maximum Gasteiger partial charge on any atom is 0.249 e. The molecule has 0 saturated heterocycles. The highest BCUT2D eigenvalue weighted by Crippen LogP contribution is 2.53. The lowest BCUT2D eigenvalue weighted by Gasteiger charge is -2.42. The van der Waals surface area contributed by atoms with Crippen LogP contribution in [0.2, 0.25) is 0 Å². The molecule has 14 aromatic rings. The van der Waals surface area contributed by atoms with Gasteiger partial charge in [0.1, 0.15) is 22.3 Å². The molecule has 78 heavy (non-hydrogen) atoms. The van der Waals surface area contributed by atoms with Crippen LogP contribution in [0.3, 0.4) is 0 Å². The van der Waals surface area contributed by atoms with Crippen molar-refractivity contribution in [1.82, 2.24) is 4.57 Å². The summed E-state index contributed by atoms with van der Waals surface area (Å²) in [6.45, 7) is 13.4. The molecule has 3 aromatic heterocycles. The fourth-order valence-electron chi connectivity index (χ4n) is 14.0. The molecule has 6 heteroatoms. The Kier molecular flexibility index (Phi) is 9.73. The summed E-state index contributed by atoms with van der Waals surface area (Å²) in [5.74, 6) is 0. The molecule has 0 radical (unpaired) electrons. The lowest BCUT2D eigenvalue weighted by atomic mass is 9.34. The Balaban J connectivity index is 1.08. The van der Waals surface area contributed by atoms with Gasteiger partial charge in [-0.1, -0.05) is 174 Å². The molecule has 0 saturated carbocycles. The van der Waals surface area contributed by atoms with Crippen LogP contribution in [0.5, 0.6) is 0 Å². The van der Waals surface area contributed by atoms with E-state index >= 15 is 0 Å². The molecular formula is C72H51BN2O2S. The van der Waals surface area contributed by atoms with E-state index in [2.05, 4.69) is 251 Å². The second-order valence-electron chi connectivity index (χ2n) is 21.9. The van der Waals surface area contributed by atoms with Crippen molar-refractivity contribution in [2.75, 3.05) is 4.90 Å². The summed E-state index contributed by atoms with van der Waals surface area (Å²) in [7, 11) is 0. The van der Waals surface area contributed by atoms with E-state index < -0.39 is 0 Å². The van der Waals surface area contributed by atoms with Gasteiger partial charge >= 0.3 is 0 Å². The number of aryl methyl sites for hydroxylation is 6. The van der Waals surface area contributed by atoms with E-state index in [0.29, 0.717) is 0 Å². The van der Waals surface area contributed by atoms with E-state index in [9.17, 15) is 0 Å². The smallest absolute Gasteiger partial charge is 0.249 e. The Hall–Kier alpha value is -8.97. The van der Waals surface area contributed by atoms with Gasteiger partial charge in [0.15, 0.2) is 0 Å². The van der Waals surface area contributed by atoms with E-state index in [0.717, 1.165) is 77.7 Å². The lowest BCUT2D eigenvalue weighted by Crippen LogP contribution is -2.60. The van der Waals surface area contributed by atoms with Gasteiger partial charge < -0.3 is 18.3 Å². The molecule has 0 spiro atoms. The summed E-state index contributed by atoms with van der Waals surface area (Å²) in [6, 6.07) is 74.7. The second kappa shape index (κ2) is 16.8. The van der Waals surface area contributed by atoms with Gasteiger partial charge in [0, 0.05) is 76.4 Å². The molecule has 0 unspecified atom stereocenters. The second-order valence-corrected chi connectivity index (χ2v) is 23.0. The topological polar surface area (TPSA) is 34.5 Å². The largest absolute Gasteiger partial charge is 0.456 e. The number of fused-ring (bicyclic) bond motifs is 13. The first-order valence-electron chi connectivity index (χ1n) is 27.1. The molecule has 5 heterocycles. The number of hydrogen-bond acceptors (Lipinski definition) is 4. The predicted molar refractivity (Wildman–Crippen MR) is 330 cm³/mol. The molecule has 0 aliphatic carbocycles. The van der Waals surface area contributed by atoms with Crippen molar-refractivity contribution >= 4 is 118 Å². The van der Waals surface area contributed by atoms with Crippen molar-refractivity contribution < 1.29 is 8.83 Å². The monoisotopic (exact) mass is 1020 g/mol. The molecule has 2 aliphatic rings. The van der Waals surface area contributed by atoms with E-state index in [1.54, 1.807) is 0 Å². The summed E-state index contributed by atoms with van der Waals surface area (Å²) in [6.07, 6.45) is 0. The first-order valence-corrected chi connectivity index (χ1v) is 27.9. The van der Waals surface area contributed by atoms with Crippen molar-refractivity contribution in [3.8, 4) is 39.1 Å². The van der Waals surface area contributed by atoms with Crippen LogP contribution in [0.1, 0.15) is 33.4 Å². The zero-order valence-corrected chi connectivity index (χ0v) is 45.1. The van der Waals surface area contributed by atoms with Crippen molar-refractivity contribution in [2.45, 2.75) is 51.3 Å². The molecule has 0 atom stereocenters. The molecule has 0 bridgehead atoms. The molecule has 0 N–H and O–H groups in total. The van der Waals surface area contributed by atoms with Crippen molar-refractivity contribution in [3.63, 3.8) is 0 Å². The van der Waals surface area contributed by atoms with Crippen molar-refractivity contribution in [2.24, 2.45) is 0 Å². The van der Waals surface area contributed by atoms with Crippen LogP contribution in [0.25, 0.3) is 105 Å². The van der Waals surface area contributed by atoms with E-state index in [-0.39, 0.29) is 6.71 Å². The predicted octanol–water partition coefficient (Wildman–Crippen LogP) is 18.2. The molecule has 11 aromatic carbocycles. The Morgan fingerprint density at radius 1 is 0.385 bits per heavy atom. The van der Waals surface area contributed by atoms with Crippen LogP contribution < -0.4 is 21.3 Å².